The van der Waals surface area contributed by atoms with E-state index < -0.39 is 6.23 Å². The molecule has 1 atom stereocenters. The van der Waals surface area contributed by atoms with Crippen molar-refractivity contribution in [2.24, 2.45) is 0 Å². The summed E-state index contributed by atoms with van der Waals surface area (Å²) in [7, 11) is 0. The zero-order valence-electron chi connectivity index (χ0n) is 13.5. The Morgan fingerprint density at radius 2 is 1.91 bits per heavy atom. The standard InChI is InChI=1S/C17H23N3O3/c1-12(2)18-10-11-19-14(16(18)22)15(21)17(23)20(19)9-8-13-6-4-3-5-7-13/h3-7,12,17,21,23H,8-11H2,1-2H3. The Kier molecular flexibility index (Phi) is 4.28. The van der Waals surface area contributed by atoms with Gasteiger partial charge in [-0.15, -0.1) is 0 Å². The van der Waals surface area contributed by atoms with Crippen LogP contribution in [-0.4, -0.2) is 62.9 Å². The number of piperazine rings is 1. The molecule has 1 aromatic rings. The molecule has 0 spiro atoms. The number of hydrazine groups is 1. The van der Waals surface area contributed by atoms with Crippen LogP contribution in [0.3, 0.4) is 0 Å². The van der Waals surface area contributed by atoms with Gasteiger partial charge in [0.1, 0.15) is 0 Å². The summed E-state index contributed by atoms with van der Waals surface area (Å²) >= 11 is 0. The Bertz CT molecular complexity index is 615. The molecular weight excluding hydrogens is 294 g/mol. The molecule has 23 heavy (non-hydrogen) atoms. The van der Waals surface area contributed by atoms with Gasteiger partial charge in [0, 0.05) is 19.1 Å². The van der Waals surface area contributed by atoms with Gasteiger partial charge in [-0.3, -0.25) is 9.80 Å². The van der Waals surface area contributed by atoms with Crippen LogP contribution >= 0.6 is 0 Å². The highest BCUT2D eigenvalue weighted by Crippen LogP contribution is 2.31. The fraction of sp³-hybridized carbons (Fsp3) is 0.471. The van der Waals surface area contributed by atoms with E-state index in [4.69, 9.17) is 0 Å². The SMILES string of the molecule is CC(C)N1CCN2C(=C(O)C(O)N2CCc2ccccc2)C1=O. The second-order valence-corrected chi connectivity index (χ2v) is 6.22. The molecule has 0 bridgehead atoms. The molecule has 0 radical (unpaired) electrons. The first-order chi connectivity index (χ1) is 11.0. The number of hydrogen-bond donors (Lipinski definition) is 2. The molecule has 1 unspecified atom stereocenters. The first kappa shape index (κ1) is 15.8. The van der Waals surface area contributed by atoms with E-state index in [0.29, 0.717) is 19.6 Å². The minimum atomic E-state index is -1.15. The quantitative estimate of drug-likeness (QED) is 0.870. The third-order valence-electron chi connectivity index (χ3n) is 4.45. The van der Waals surface area contributed by atoms with Gasteiger partial charge in [-0.1, -0.05) is 30.3 Å². The van der Waals surface area contributed by atoms with Crippen LogP contribution in [0.5, 0.6) is 0 Å². The number of benzene rings is 1. The fourth-order valence-corrected chi connectivity index (χ4v) is 3.18. The summed E-state index contributed by atoms with van der Waals surface area (Å²) in [6.45, 7) is 5.60. The van der Waals surface area contributed by atoms with Crippen molar-refractivity contribution in [3.05, 3.63) is 47.4 Å². The molecule has 0 aliphatic carbocycles. The van der Waals surface area contributed by atoms with Gasteiger partial charge in [0.2, 0.25) is 0 Å². The molecule has 124 valence electrons. The Hall–Kier alpha value is -2.05. The molecule has 0 aromatic heterocycles. The second-order valence-electron chi connectivity index (χ2n) is 6.22. The van der Waals surface area contributed by atoms with Crippen molar-refractivity contribution in [2.75, 3.05) is 19.6 Å². The number of rotatable bonds is 4. The summed E-state index contributed by atoms with van der Waals surface area (Å²) in [6, 6.07) is 10.0. The Labute approximate surface area is 136 Å². The summed E-state index contributed by atoms with van der Waals surface area (Å²) in [5.74, 6) is -0.460. The molecule has 1 fully saturated rings. The Morgan fingerprint density at radius 1 is 1.22 bits per heavy atom. The number of hydrogen-bond acceptors (Lipinski definition) is 5. The van der Waals surface area contributed by atoms with Crippen molar-refractivity contribution >= 4 is 5.91 Å². The van der Waals surface area contributed by atoms with Crippen molar-refractivity contribution in [2.45, 2.75) is 32.5 Å². The average molecular weight is 317 g/mol. The Morgan fingerprint density at radius 3 is 2.57 bits per heavy atom. The second kappa shape index (κ2) is 6.22. The Balaban J connectivity index is 1.75. The van der Waals surface area contributed by atoms with Gasteiger partial charge in [-0.2, -0.15) is 5.01 Å². The number of amides is 1. The first-order valence-corrected chi connectivity index (χ1v) is 8.01. The van der Waals surface area contributed by atoms with Crippen LogP contribution in [0.4, 0.5) is 0 Å². The van der Waals surface area contributed by atoms with Crippen molar-refractivity contribution < 1.29 is 15.0 Å². The number of aliphatic hydroxyl groups excluding tert-OH is 2. The molecule has 2 heterocycles. The largest absolute Gasteiger partial charge is 0.506 e. The van der Waals surface area contributed by atoms with Crippen molar-refractivity contribution in [1.29, 1.82) is 0 Å². The molecule has 3 rings (SSSR count). The van der Waals surface area contributed by atoms with Gasteiger partial charge >= 0.3 is 0 Å². The minimum absolute atomic E-state index is 0.0699. The van der Waals surface area contributed by atoms with Crippen LogP contribution < -0.4 is 0 Å². The van der Waals surface area contributed by atoms with Gasteiger partial charge in [0.25, 0.3) is 5.91 Å². The maximum absolute atomic E-state index is 12.6. The van der Waals surface area contributed by atoms with E-state index in [9.17, 15) is 15.0 Å². The number of fused-ring (bicyclic) bond motifs is 1. The molecule has 2 aliphatic heterocycles. The van der Waals surface area contributed by atoms with Gasteiger partial charge in [0.15, 0.2) is 17.7 Å². The van der Waals surface area contributed by atoms with E-state index in [-0.39, 0.29) is 23.4 Å². The zero-order valence-corrected chi connectivity index (χ0v) is 13.5. The summed E-state index contributed by atoms with van der Waals surface area (Å²) < 4.78 is 0. The normalized spacial score (nSPS) is 22.3. The van der Waals surface area contributed by atoms with Crippen LogP contribution in [0.1, 0.15) is 19.4 Å². The summed E-state index contributed by atoms with van der Waals surface area (Å²) in [5, 5.41) is 23.9. The highest BCUT2D eigenvalue weighted by Gasteiger charge is 2.45. The van der Waals surface area contributed by atoms with Crippen LogP contribution in [0.15, 0.2) is 41.8 Å². The van der Waals surface area contributed by atoms with Crippen LogP contribution in [0, 0.1) is 0 Å². The highest BCUT2D eigenvalue weighted by molar-refractivity contribution is 5.94. The predicted octanol–water partition coefficient (Wildman–Crippen LogP) is 1.10. The topological polar surface area (TPSA) is 67.2 Å². The highest BCUT2D eigenvalue weighted by atomic mass is 16.4. The van der Waals surface area contributed by atoms with Crippen molar-refractivity contribution in [3.8, 4) is 0 Å². The number of carbonyl (C=O) groups is 1. The van der Waals surface area contributed by atoms with E-state index in [1.165, 1.54) is 0 Å². The summed E-state index contributed by atoms with van der Waals surface area (Å²) in [5.41, 5.74) is 1.37. The van der Waals surface area contributed by atoms with Crippen LogP contribution in [0.25, 0.3) is 0 Å². The zero-order chi connectivity index (χ0) is 16.6. The minimum Gasteiger partial charge on any atom is -0.506 e. The van der Waals surface area contributed by atoms with Gasteiger partial charge in [0.05, 0.1) is 6.54 Å². The van der Waals surface area contributed by atoms with E-state index in [1.807, 2.05) is 44.2 Å². The van der Waals surface area contributed by atoms with E-state index in [2.05, 4.69) is 0 Å². The molecule has 2 aliphatic rings. The number of carbonyl (C=O) groups excluding carboxylic acids is 1. The molecule has 6 nitrogen and oxygen atoms in total. The summed E-state index contributed by atoms with van der Waals surface area (Å²) in [6.07, 6.45) is -0.415. The molecule has 1 amide bonds. The molecule has 0 saturated carbocycles. The van der Waals surface area contributed by atoms with Crippen LogP contribution in [-0.2, 0) is 11.2 Å². The molecule has 1 aromatic carbocycles. The third kappa shape index (κ3) is 2.80. The lowest BCUT2D eigenvalue weighted by molar-refractivity contribution is -0.143. The molecule has 6 heteroatoms. The third-order valence-corrected chi connectivity index (χ3v) is 4.45. The number of nitrogens with zero attached hydrogens (tertiary/aromatic N) is 3. The van der Waals surface area contributed by atoms with E-state index in [0.717, 1.165) is 12.0 Å². The van der Waals surface area contributed by atoms with Gasteiger partial charge < -0.3 is 15.1 Å². The lowest BCUT2D eigenvalue weighted by atomic mass is 10.1. The van der Waals surface area contributed by atoms with Crippen molar-refractivity contribution in [3.63, 3.8) is 0 Å². The van der Waals surface area contributed by atoms with E-state index >= 15 is 0 Å². The molecule has 2 N–H and O–H groups in total. The lowest BCUT2D eigenvalue weighted by Gasteiger charge is -2.40. The number of aliphatic hydroxyl groups is 2. The molecular formula is C17H23N3O3. The van der Waals surface area contributed by atoms with Crippen molar-refractivity contribution in [1.82, 2.24) is 14.9 Å². The van der Waals surface area contributed by atoms with Gasteiger partial charge in [-0.25, -0.2) is 0 Å². The fourth-order valence-electron chi connectivity index (χ4n) is 3.18. The van der Waals surface area contributed by atoms with Gasteiger partial charge in [-0.05, 0) is 25.8 Å². The van der Waals surface area contributed by atoms with E-state index in [1.54, 1.807) is 14.9 Å². The van der Waals surface area contributed by atoms with Crippen LogP contribution in [0.2, 0.25) is 0 Å². The summed E-state index contributed by atoms with van der Waals surface area (Å²) in [4.78, 5) is 14.3. The molecule has 1 saturated heterocycles. The smallest absolute Gasteiger partial charge is 0.275 e. The monoisotopic (exact) mass is 317 g/mol. The maximum Gasteiger partial charge on any atom is 0.275 e. The lowest BCUT2D eigenvalue weighted by Crippen LogP contribution is -2.55. The average Bonchev–Trinajstić information content (AvgIpc) is 2.78. The first-order valence-electron chi connectivity index (χ1n) is 8.01. The predicted molar refractivity (Wildman–Crippen MR) is 86.1 cm³/mol. The maximum atomic E-state index is 12.6.